The van der Waals surface area contributed by atoms with Gasteiger partial charge in [0.25, 0.3) is 5.91 Å². The first-order valence-electron chi connectivity index (χ1n) is 6.59. The Hall–Kier alpha value is -2.36. The predicted molar refractivity (Wildman–Crippen MR) is 79.0 cm³/mol. The minimum atomic E-state index is -0.334. The van der Waals surface area contributed by atoms with Crippen molar-refractivity contribution in [2.45, 2.75) is 20.3 Å². The largest absolute Gasteiger partial charge is 0.364 e. The molecule has 0 radical (unpaired) electrons. The zero-order valence-corrected chi connectivity index (χ0v) is 11.7. The van der Waals surface area contributed by atoms with Crippen LogP contribution in [0.3, 0.4) is 0 Å². The minimum absolute atomic E-state index is 0.153. The number of benzene rings is 1. The molecule has 4 heteroatoms. The summed E-state index contributed by atoms with van der Waals surface area (Å²) in [5, 5.41) is 2.77. The van der Waals surface area contributed by atoms with Crippen LogP contribution in [0.15, 0.2) is 41.3 Å². The van der Waals surface area contributed by atoms with Crippen LogP contribution in [0.4, 0.5) is 0 Å². The number of H-pyrrole nitrogens is 1. The van der Waals surface area contributed by atoms with Gasteiger partial charge >= 0.3 is 0 Å². The molecule has 0 saturated carbocycles. The van der Waals surface area contributed by atoms with Gasteiger partial charge in [-0.2, -0.15) is 0 Å². The lowest BCUT2D eigenvalue weighted by molar-refractivity contribution is 0.0952. The number of rotatable bonds is 4. The zero-order chi connectivity index (χ0) is 14.5. The number of pyridine rings is 1. The summed E-state index contributed by atoms with van der Waals surface area (Å²) in [5.74, 6) is -0.334. The number of aromatic nitrogens is 1. The zero-order valence-electron chi connectivity index (χ0n) is 11.7. The molecule has 0 fully saturated rings. The smallest absolute Gasteiger partial charge is 0.256 e. The van der Waals surface area contributed by atoms with E-state index in [4.69, 9.17) is 0 Å². The van der Waals surface area contributed by atoms with Gasteiger partial charge in [0.15, 0.2) is 5.43 Å². The molecule has 0 bridgehead atoms. The Morgan fingerprint density at radius 1 is 1.25 bits per heavy atom. The first-order valence-corrected chi connectivity index (χ1v) is 6.59. The molecule has 0 aliphatic carbocycles. The van der Waals surface area contributed by atoms with Gasteiger partial charge in [-0.25, -0.2) is 0 Å². The molecule has 0 unspecified atom stereocenters. The summed E-state index contributed by atoms with van der Waals surface area (Å²) in [7, 11) is 0. The maximum atomic E-state index is 11.9. The van der Waals surface area contributed by atoms with E-state index in [1.165, 1.54) is 23.4 Å². The third-order valence-corrected chi connectivity index (χ3v) is 3.08. The molecule has 1 aromatic carbocycles. The summed E-state index contributed by atoms with van der Waals surface area (Å²) in [5.41, 5.74) is 3.01. The standard InChI is InChI=1S/C16H18N2O2/c1-11-4-3-5-13(8-11)6-7-17-16(20)14-10-18-12(2)9-15(14)19/h3-5,8-10H,6-7H2,1-2H3,(H,17,20)(H,18,19). The monoisotopic (exact) mass is 270 g/mol. The van der Waals surface area contributed by atoms with Crippen LogP contribution in [0.2, 0.25) is 0 Å². The molecule has 2 aromatic rings. The topological polar surface area (TPSA) is 62.0 Å². The van der Waals surface area contributed by atoms with Crippen LogP contribution in [0.25, 0.3) is 0 Å². The van der Waals surface area contributed by atoms with Crippen molar-refractivity contribution in [3.05, 3.63) is 69.1 Å². The second-order valence-corrected chi connectivity index (χ2v) is 4.89. The highest BCUT2D eigenvalue weighted by atomic mass is 16.2. The molecule has 0 spiro atoms. The lowest BCUT2D eigenvalue weighted by Crippen LogP contribution is -2.30. The highest BCUT2D eigenvalue weighted by molar-refractivity contribution is 5.93. The van der Waals surface area contributed by atoms with E-state index in [1.54, 1.807) is 6.92 Å². The van der Waals surface area contributed by atoms with Crippen molar-refractivity contribution in [3.63, 3.8) is 0 Å². The second kappa shape index (κ2) is 6.19. The highest BCUT2D eigenvalue weighted by Crippen LogP contribution is 2.04. The van der Waals surface area contributed by atoms with Crippen molar-refractivity contribution >= 4 is 5.91 Å². The number of carbonyl (C=O) groups is 1. The molecule has 0 saturated heterocycles. The van der Waals surface area contributed by atoms with Gasteiger partial charge in [0.05, 0.1) is 0 Å². The van der Waals surface area contributed by atoms with Gasteiger partial charge in [0, 0.05) is 24.5 Å². The summed E-state index contributed by atoms with van der Waals surface area (Å²) in [4.78, 5) is 26.5. The second-order valence-electron chi connectivity index (χ2n) is 4.89. The third kappa shape index (κ3) is 3.57. The van der Waals surface area contributed by atoms with Crippen LogP contribution in [0.5, 0.6) is 0 Å². The van der Waals surface area contributed by atoms with Crippen molar-refractivity contribution in [2.24, 2.45) is 0 Å². The molecule has 104 valence electrons. The van der Waals surface area contributed by atoms with Gasteiger partial charge in [0.2, 0.25) is 0 Å². The molecular formula is C16H18N2O2. The molecule has 1 aromatic heterocycles. The van der Waals surface area contributed by atoms with Gasteiger partial charge in [-0.05, 0) is 25.8 Å². The van der Waals surface area contributed by atoms with Crippen LogP contribution in [-0.4, -0.2) is 17.4 Å². The molecular weight excluding hydrogens is 252 g/mol. The van der Waals surface area contributed by atoms with Gasteiger partial charge in [0.1, 0.15) is 5.56 Å². The summed E-state index contributed by atoms with van der Waals surface area (Å²) in [6.45, 7) is 4.32. The first kappa shape index (κ1) is 14.1. The molecule has 20 heavy (non-hydrogen) atoms. The van der Waals surface area contributed by atoms with Crippen molar-refractivity contribution < 1.29 is 4.79 Å². The molecule has 1 heterocycles. The van der Waals surface area contributed by atoms with Crippen molar-refractivity contribution in [1.82, 2.24) is 10.3 Å². The average Bonchev–Trinajstić information content (AvgIpc) is 2.38. The summed E-state index contributed by atoms with van der Waals surface area (Å²) in [6.07, 6.45) is 2.21. The predicted octanol–water partition coefficient (Wildman–Crippen LogP) is 1.96. The Labute approximate surface area is 117 Å². The van der Waals surface area contributed by atoms with Gasteiger partial charge in [-0.3, -0.25) is 9.59 Å². The van der Waals surface area contributed by atoms with Crippen molar-refractivity contribution in [1.29, 1.82) is 0 Å². The number of hydrogen-bond donors (Lipinski definition) is 2. The van der Waals surface area contributed by atoms with E-state index in [9.17, 15) is 9.59 Å². The van der Waals surface area contributed by atoms with Crippen LogP contribution in [0.1, 0.15) is 27.2 Å². The molecule has 0 aliphatic heterocycles. The molecule has 0 aliphatic rings. The Morgan fingerprint density at radius 3 is 2.75 bits per heavy atom. The van der Waals surface area contributed by atoms with Crippen LogP contribution in [-0.2, 0) is 6.42 Å². The van der Waals surface area contributed by atoms with Crippen LogP contribution in [0, 0.1) is 13.8 Å². The maximum Gasteiger partial charge on any atom is 0.256 e. The quantitative estimate of drug-likeness (QED) is 0.892. The van der Waals surface area contributed by atoms with E-state index in [2.05, 4.69) is 16.4 Å². The first-order chi connectivity index (χ1) is 9.56. The maximum absolute atomic E-state index is 11.9. The fraction of sp³-hybridized carbons (Fsp3) is 0.250. The van der Waals surface area contributed by atoms with E-state index in [0.717, 1.165) is 12.1 Å². The highest BCUT2D eigenvalue weighted by Gasteiger charge is 2.09. The number of aryl methyl sites for hydroxylation is 2. The van der Waals surface area contributed by atoms with E-state index >= 15 is 0 Å². The Morgan fingerprint density at radius 2 is 2.05 bits per heavy atom. The molecule has 2 rings (SSSR count). The van der Waals surface area contributed by atoms with Crippen LogP contribution >= 0.6 is 0 Å². The summed E-state index contributed by atoms with van der Waals surface area (Å²) >= 11 is 0. The summed E-state index contributed by atoms with van der Waals surface area (Å²) < 4.78 is 0. The summed E-state index contributed by atoms with van der Waals surface area (Å²) in [6, 6.07) is 9.57. The van der Waals surface area contributed by atoms with Gasteiger partial charge in [-0.1, -0.05) is 29.8 Å². The fourth-order valence-corrected chi connectivity index (χ4v) is 2.03. The van der Waals surface area contributed by atoms with E-state index in [0.29, 0.717) is 6.54 Å². The lowest BCUT2D eigenvalue weighted by Gasteiger charge is -2.06. The lowest BCUT2D eigenvalue weighted by atomic mass is 10.1. The molecule has 1 amide bonds. The third-order valence-electron chi connectivity index (χ3n) is 3.08. The number of nitrogens with one attached hydrogen (secondary N) is 2. The van der Waals surface area contributed by atoms with Crippen molar-refractivity contribution in [3.8, 4) is 0 Å². The average molecular weight is 270 g/mol. The normalized spacial score (nSPS) is 10.3. The molecule has 0 atom stereocenters. The van der Waals surface area contributed by atoms with Crippen LogP contribution < -0.4 is 10.7 Å². The Kier molecular flexibility index (Phi) is 4.35. The SMILES string of the molecule is Cc1cccc(CCNC(=O)c2c[nH]c(C)cc2=O)c1. The number of hydrogen-bond acceptors (Lipinski definition) is 2. The number of aromatic amines is 1. The number of amides is 1. The van der Waals surface area contributed by atoms with Gasteiger partial charge in [-0.15, -0.1) is 0 Å². The Bertz CT molecular complexity index is 674. The Balaban J connectivity index is 1.94. The minimum Gasteiger partial charge on any atom is -0.364 e. The molecule has 2 N–H and O–H groups in total. The fourth-order valence-electron chi connectivity index (χ4n) is 2.03. The van der Waals surface area contributed by atoms with E-state index in [1.807, 2.05) is 25.1 Å². The van der Waals surface area contributed by atoms with E-state index in [-0.39, 0.29) is 16.9 Å². The number of carbonyl (C=O) groups excluding carboxylic acids is 1. The molecule has 4 nitrogen and oxygen atoms in total. The van der Waals surface area contributed by atoms with Gasteiger partial charge < -0.3 is 10.3 Å². The van der Waals surface area contributed by atoms with Crippen molar-refractivity contribution in [2.75, 3.05) is 6.54 Å². The van der Waals surface area contributed by atoms with E-state index < -0.39 is 0 Å².